The number of amidine groups is 1. The van der Waals surface area contributed by atoms with Crippen LogP contribution in [0.2, 0.25) is 0 Å². The van der Waals surface area contributed by atoms with Crippen LogP contribution in [0.25, 0.3) is 0 Å². The molecule has 0 unspecified atom stereocenters. The van der Waals surface area contributed by atoms with Gasteiger partial charge in [0.1, 0.15) is 0 Å². The minimum atomic E-state index is 0.827. The summed E-state index contributed by atoms with van der Waals surface area (Å²) in [5.74, 6) is 1.11. The van der Waals surface area contributed by atoms with E-state index >= 15 is 0 Å². The van der Waals surface area contributed by atoms with Gasteiger partial charge < -0.3 is 9.64 Å². The second kappa shape index (κ2) is 7.10. The molecule has 0 fully saturated rings. The summed E-state index contributed by atoms with van der Waals surface area (Å²) in [6, 6.07) is 0. The molecule has 0 rings (SSSR count). The Morgan fingerprint density at radius 1 is 1.50 bits per heavy atom. The highest BCUT2D eigenvalue weighted by Crippen LogP contribution is 1.94. The first-order valence-electron chi connectivity index (χ1n) is 4.43. The van der Waals surface area contributed by atoms with Gasteiger partial charge in [-0.1, -0.05) is 0 Å². The summed E-state index contributed by atoms with van der Waals surface area (Å²) in [6.45, 7) is 7.06. The van der Waals surface area contributed by atoms with Gasteiger partial charge in [-0.15, -0.1) is 0 Å². The highest BCUT2D eigenvalue weighted by Gasteiger charge is 2.01. The molecule has 0 aliphatic rings. The molecule has 0 atom stereocenters. The van der Waals surface area contributed by atoms with Crippen LogP contribution < -0.4 is 0 Å². The van der Waals surface area contributed by atoms with E-state index in [1.54, 1.807) is 7.11 Å². The zero-order valence-electron chi connectivity index (χ0n) is 8.63. The van der Waals surface area contributed by atoms with Gasteiger partial charge in [-0.2, -0.15) is 0 Å². The molecule has 0 bridgehead atoms. The summed E-state index contributed by atoms with van der Waals surface area (Å²) in [5, 5.41) is 0. The van der Waals surface area contributed by atoms with Crippen LogP contribution >= 0.6 is 0 Å². The summed E-state index contributed by atoms with van der Waals surface area (Å²) >= 11 is 0. The first-order chi connectivity index (χ1) is 5.76. The third-order valence-electron chi connectivity index (χ3n) is 1.94. The predicted molar refractivity (Wildman–Crippen MR) is 52.8 cm³/mol. The van der Waals surface area contributed by atoms with Gasteiger partial charge in [-0.25, -0.2) is 0 Å². The number of hydrogen-bond acceptors (Lipinski definition) is 2. The number of aliphatic imine (C=N–C) groups is 1. The molecule has 0 N–H and O–H groups in total. The van der Waals surface area contributed by atoms with E-state index in [1.165, 1.54) is 0 Å². The topological polar surface area (TPSA) is 24.8 Å². The number of methoxy groups -OCH3 is 1. The standard InChI is InChI=1S/C9H20N2O/c1-5-11(9(2)10-3)7-6-8-12-4/h5-8H2,1-4H3/b10-9-. The first-order valence-corrected chi connectivity index (χ1v) is 4.43. The molecule has 3 nitrogen and oxygen atoms in total. The minimum Gasteiger partial charge on any atom is -0.385 e. The normalized spacial score (nSPS) is 11.8. The largest absolute Gasteiger partial charge is 0.385 e. The van der Waals surface area contributed by atoms with E-state index in [4.69, 9.17) is 4.74 Å². The van der Waals surface area contributed by atoms with Gasteiger partial charge in [0.25, 0.3) is 0 Å². The lowest BCUT2D eigenvalue weighted by molar-refractivity contribution is 0.186. The Kier molecular flexibility index (Phi) is 6.76. The Bertz CT molecular complexity index is 134. The van der Waals surface area contributed by atoms with Crippen molar-refractivity contribution in [2.24, 2.45) is 4.99 Å². The van der Waals surface area contributed by atoms with Crippen LogP contribution in [0.4, 0.5) is 0 Å². The van der Waals surface area contributed by atoms with Crippen molar-refractivity contribution < 1.29 is 4.74 Å². The molecule has 0 aromatic rings. The van der Waals surface area contributed by atoms with E-state index in [1.807, 2.05) is 14.0 Å². The number of ether oxygens (including phenoxy) is 1. The van der Waals surface area contributed by atoms with E-state index in [0.717, 1.165) is 32.0 Å². The third-order valence-corrected chi connectivity index (χ3v) is 1.94. The second-order valence-electron chi connectivity index (χ2n) is 2.70. The summed E-state index contributed by atoms with van der Waals surface area (Å²) in [6.07, 6.45) is 1.07. The van der Waals surface area contributed by atoms with Crippen molar-refractivity contribution in [1.82, 2.24) is 4.90 Å². The van der Waals surface area contributed by atoms with Crippen LogP contribution in [-0.4, -0.2) is 44.6 Å². The molecule has 0 aromatic heterocycles. The van der Waals surface area contributed by atoms with Gasteiger partial charge in [-0.3, -0.25) is 4.99 Å². The van der Waals surface area contributed by atoms with E-state index in [-0.39, 0.29) is 0 Å². The van der Waals surface area contributed by atoms with Crippen molar-refractivity contribution >= 4 is 5.84 Å². The molecule has 3 heteroatoms. The quantitative estimate of drug-likeness (QED) is 0.356. The average Bonchev–Trinajstić information content (AvgIpc) is 2.11. The van der Waals surface area contributed by atoms with Crippen LogP contribution in [0.5, 0.6) is 0 Å². The molecule has 0 aliphatic carbocycles. The molecule has 72 valence electrons. The molecule has 0 amide bonds. The van der Waals surface area contributed by atoms with Crippen molar-refractivity contribution in [2.75, 3.05) is 33.9 Å². The van der Waals surface area contributed by atoms with Crippen molar-refractivity contribution in [3.63, 3.8) is 0 Å². The van der Waals surface area contributed by atoms with E-state index in [2.05, 4.69) is 16.8 Å². The zero-order valence-corrected chi connectivity index (χ0v) is 8.63. The molecule has 0 aliphatic heterocycles. The van der Waals surface area contributed by atoms with Gasteiger partial charge in [0.05, 0.1) is 5.84 Å². The maximum Gasteiger partial charge on any atom is 0.0953 e. The Morgan fingerprint density at radius 2 is 2.17 bits per heavy atom. The lowest BCUT2D eigenvalue weighted by Gasteiger charge is -2.21. The maximum atomic E-state index is 4.98. The number of nitrogens with zero attached hydrogens (tertiary/aromatic N) is 2. The van der Waals surface area contributed by atoms with Gasteiger partial charge in [-0.05, 0) is 20.3 Å². The van der Waals surface area contributed by atoms with Gasteiger partial charge >= 0.3 is 0 Å². The molecule has 12 heavy (non-hydrogen) atoms. The van der Waals surface area contributed by atoms with Crippen molar-refractivity contribution in [3.05, 3.63) is 0 Å². The van der Waals surface area contributed by atoms with E-state index in [0.29, 0.717) is 0 Å². The molecular weight excluding hydrogens is 152 g/mol. The molecule has 0 spiro atoms. The second-order valence-corrected chi connectivity index (χ2v) is 2.70. The molecular formula is C9H20N2O. The summed E-state index contributed by atoms with van der Waals surface area (Å²) in [4.78, 5) is 6.39. The molecule has 0 aromatic carbocycles. The molecule has 0 heterocycles. The fraction of sp³-hybridized carbons (Fsp3) is 0.889. The highest BCUT2D eigenvalue weighted by atomic mass is 16.5. The van der Waals surface area contributed by atoms with Crippen LogP contribution in [0.1, 0.15) is 20.3 Å². The van der Waals surface area contributed by atoms with Crippen LogP contribution in [0.15, 0.2) is 4.99 Å². The minimum absolute atomic E-state index is 0.827. The predicted octanol–water partition coefficient (Wildman–Crippen LogP) is 1.39. The van der Waals surface area contributed by atoms with Gasteiger partial charge in [0, 0.05) is 33.9 Å². The monoisotopic (exact) mass is 172 g/mol. The lowest BCUT2D eigenvalue weighted by atomic mass is 10.4. The Morgan fingerprint density at radius 3 is 2.58 bits per heavy atom. The zero-order chi connectivity index (χ0) is 9.40. The van der Waals surface area contributed by atoms with Gasteiger partial charge in [0.15, 0.2) is 0 Å². The molecule has 0 saturated heterocycles. The molecule has 0 radical (unpaired) electrons. The fourth-order valence-corrected chi connectivity index (χ4v) is 1.09. The Hall–Kier alpha value is -0.570. The molecule has 0 saturated carbocycles. The smallest absolute Gasteiger partial charge is 0.0953 e. The Balaban J connectivity index is 3.68. The van der Waals surface area contributed by atoms with Crippen molar-refractivity contribution in [1.29, 1.82) is 0 Å². The average molecular weight is 172 g/mol. The van der Waals surface area contributed by atoms with Crippen LogP contribution in [0, 0.1) is 0 Å². The number of rotatable bonds is 5. The van der Waals surface area contributed by atoms with Gasteiger partial charge in [0.2, 0.25) is 0 Å². The maximum absolute atomic E-state index is 4.98. The van der Waals surface area contributed by atoms with E-state index < -0.39 is 0 Å². The van der Waals surface area contributed by atoms with Crippen molar-refractivity contribution in [2.45, 2.75) is 20.3 Å². The third kappa shape index (κ3) is 4.34. The number of hydrogen-bond donors (Lipinski definition) is 0. The fourth-order valence-electron chi connectivity index (χ4n) is 1.09. The lowest BCUT2D eigenvalue weighted by Crippen LogP contribution is -2.30. The summed E-state index contributed by atoms with van der Waals surface area (Å²) in [5.41, 5.74) is 0. The summed E-state index contributed by atoms with van der Waals surface area (Å²) < 4.78 is 4.98. The summed E-state index contributed by atoms with van der Waals surface area (Å²) in [7, 11) is 3.56. The van der Waals surface area contributed by atoms with Crippen molar-refractivity contribution in [3.8, 4) is 0 Å². The highest BCUT2D eigenvalue weighted by molar-refractivity contribution is 5.79. The van der Waals surface area contributed by atoms with Crippen LogP contribution in [0.3, 0.4) is 0 Å². The first kappa shape index (κ1) is 11.4. The SMILES string of the molecule is CCN(CCCOC)/C(C)=N\C. The van der Waals surface area contributed by atoms with E-state index in [9.17, 15) is 0 Å². The Labute approximate surface area is 75.4 Å². The van der Waals surface area contributed by atoms with Crippen LogP contribution in [-0.2, 0) is 4.74 Å².